The summed E-state index contributed by atoms with van der Waals surface area (Å²) in [6.45, 7) is 1.63. The zero-order valence-electron chi connectivity index (χ0n) is 16.2. The molecule has 1 saturated carbocycles. The summed E-state index contributed by atoms with van der Waals surface area (Å²) in [6.07, 6.45) is 2.93. The number of carbonyl (C=O) groups is 4. The van der Waals surface area contributed by atoms with Gasteiger partial charge in [0.05, 0.1) is 29.8 Å². The molecule has 4 rings (SSSR count). The maximum Gasteiger partial charge on any atom is 0.314 e. The third kappa shape index (κ3) is 3.64. The molecule has 154 valence electrons. The molecule has 1 aromatic rings. The number of fused-ring (bicyclic) bond motifs is 1. The summed E-state index contributed by atoms with van der Waals surface area (Å²) in [5.41, 5.74) is -0.258. The number of ether oxygens (including phenoxy) is 2. The third-order valence-electron chi connectivity index (χ3n) is 6.05. The van der Waals surface area contributed by atoms with Crippen molar-refractivity contribution in [3.63, 3.8) is 0 Å². The van der Waals surface area contributed by atoms with Crippen LogP contribution in [0.5, 0.6) is 0 Å². The first-order valence-electron chi connectivity index (χ1n) is 10.00. The van der Waals surface area contributed by atoms with Crippen LogP contribution >= 0.6 is 0 Å². The average molecular weight is 400 g/mol. The van der Waals surface area contributed by atoms with Crippen molar-refractivity contribution in [3.05, 3.63) is 35.4 Å². The van der Waals surface area contributed by atoms with E-state index in [2.05, 4.69) is 0 Å². The molecule has 0 spiro atoms. The molecule has 0 atom stereocenters. The number of morpholine rings is 1. The fraction of sp³-hybridized carbons (Fsp3) is 0.524. The summed E-state index contributed by atoms with van der Waals surface area (Å²) >= 11 is 0. The van der Waals surface area contributed by atoms with E-state index < -0.39 is 29.9 Å². The van der Waals surface area contributed by atoms with Crippen LogP contribution in [0.15, 0.2) is 24.3 Å². The lowest BCUT2D eigenvalue weighted by atomic mass is 9.82. The lowest BCUT2D eigenvalue weighted by molar-refractivity contribution is -0.162. The van der Waals surface area contributed by atoms with E-state index in [1.165, 1.54) is 0 Å². The summed E-state index contributed by atoms with van der Waals surface area (Å²) in [7, 11) is 0. The van der Waals surface area contributed by atoms with E-state index in [1.807, 2.05) is 0 Å². The molecular formula is C21H24N2O6. The molecule has 1 aromatic carbocycles. The molecule has 0 unspecified atom stereocenters. The predicted molar refractivity (Wildman–Crippen MR) is 101 cm³/mol. The maximum absolute atomic E-state index is 13.0. The van der Waals surface area contributed by atoms with Crippen LogP contribution in [0.1, 0.15) is 52.8 Å². The maximum atomic E-state index is 13.0. The van der Waals surface area contributed by atoms with Crippen molar-refractivity contribution in [1.82, 2.24) is 9.80 Å². The van der Waals surface area contributed by atoms with Crippen molar-refractivity contribution in [2.75, 3.05) is 33.0 Å². The van der Waals surface area contributed by atoms with Crippen LogP contribution in [0.2, 0.25) is 0 Å². The second kappa shape index (κ2) is 7.94. The molecule has 0 aromatic heterocycles. The number of hydrogen-bond donors (Lipinski definition) is 0. The second-order valence-electron chi connectivity index (χ2n) is 7.80. The molecule has 0 bridgehead atoms. The lowest BCUT2D eigenvalue weighted by Crippen LogP contribution is -2.45. The highest BCUT2D eigenvalue weighted by atomic mass is 16.5. The second-order valence-corrected chi connectivity index (χ2v) is 7.80. The molecule has 0 radical (unpaired) electrons. The number of imide groups is 1. The molecule has 3 amide bonds. The molecule has 2 heterocycles. The van der Waals surface area contributed by atoms with Gasteiger partial charge < -0.3 is 14.4 Å². The highest BCUT2D eigenvalue weighted by Gasteiger charge is 2.46. The van der Waals surface area contributed by atoms with Gasteiger partial charge in [-0.15, -0.1) is 0 Å². The number of esters is 1. The average Bonchev–Trinajstić information content (AvgIpc) is 3.32. The number of nitrogens with zero attached hydrogens (tertiary/aromatic N) is 2. The van der Waals surface area contributed by atoms with Gasteiger partial charge in [-0.1, -0.05) is 25.0 Å². The fourth-order valence-electron chi connectivity index (χ4n) is 4.35. The number of carbonyl (C=O) groups excluding carboxylic acids is 4. The van der Waals surface area contributed by atoms with Crippen molar-refractivity contribution in [1.29, 1.82) is 0 Å². The first-order chi connectivity index (χ1) is 14.0. The van der Waals surface area contributed by atoms with Gasteiger partial charge in [-0.05, 0) is 25.0 Å². The quantitative estimate of drug-likeness (QED) is 0.551. The molecule has 29 heavy (non-hydrogen) atoms. The van der Waals surface area contributed by atoms with Gasteiger partial charge in [-0.2, -0.15) is 0 Å². The highest BCUT2D eigenvalue weighted by Crippen LogP contribution is 2.43. The summed E-state index contributed by atoms with van der Waals surface area (Å²) in [6, 6.07) is 6.53. The van der Waals surface area contributed by atoms with Crippen LogP contribution in [0.3, 0.4) is 0 Å². The standard InChI is InChI=1S/C21H24N2O6/c24-17(22-9-11-28-12-10-22)13-21(7-3-4-8-21)20(27)29-14-23-18(25)15-5-1-2-6-16(15)19(23)26/h1-2,5-6H,3-4,7-14H2. The van der Waals surface area contributed by atoms with Crippen LogP contribution in [0.4, 0.5) is 0 Å². The molecule has 0 N–H and O–H groups in total. The normalized spacial score (nSPS) is 20.7. The lowest BCUT2D eigenvalue weighted by Gasteiger charge is -2.32. The fourth-order valence-corrected chi connectivity index (χ4v) is 4.35. The van der Waals surface area contributed by atoms with E-state index in [9.17, 15) is 19.2 Å². The Morgan fingerprint density at radius 3 is 2.17 bits per heavy atom. The number of benzene rings is 1. The van der Waals surface area contributed by atoms with E-state index in [0.717, 1.165) is 17.7 Å². The van der Waals surface area contributed by atoms with E-state index >= 15 is 0 Å². The van der Waals surface area contributed by atoms with Gasteiger partial charge >= 0.3 is 5.97 Å². The van der Waals surface area contributed by atoms with Crippen molar-refractivity contribution in [3.8, 4) is 0 Å². The minimum absolute atomic E-state index is 0.0760. The van der Waals surface area contributed by atoms with Crippen molar-refractivity contribution in [2.45, 2.75) is 32.1 Å². The van der Waals surface area contributed by atoms with Gasteiger partial charge in [-0.25, -0.2) is 4.90 Å². The summed E-state index contributed by atoms with van der Waals surface area (Å²) in [4.78, 5) is 53.2. The van der Waals surface area contributed by atoms with E-state index in [4.69, 9.17) is 9.47 Å². The van der Waals surface area contributed by atoms with Crippen LogP contribution < -0.4 is 0 Å². The first kappa shape index (κ1) is 19.6. The first-order valence-corrected chi connectivity index (χ1v) is 10.00. The van der Waals surface area contributed by atoms with E-state index in [-0.39, 0.29) is 12.3 Å². The van der Waals surface area contributed by atoms with Gasteiger partial charge in [0.25, 0.3) is 11.8 Å². The van der Waals surface area contributed by atoms with Gasteiger partial charge in [0.1, 0.15) is 0 Å². The third-order valence-corrected chi connectivity index (χ3v) is 6.05. The Hall–Kier alpha value is -2.74. The van der Waals surface area contributed by atoms with Crippen LogP contribution in [-0.2, 0) is 19.1 Å². The Labute approximate surface area is 168 Å². The van der Waals surface area contributed by atoms with Gasteiger partial charge in [0, 0.05) is 19.5 Å². The molecule has 2 fully saturated rings. The van der Waals surface area contributed by atoms with Crippen molar-refractivity contribution in [2.24, 2.45) is 5.41 Å². The number of hydrogen-bond acceptors (Lipinski definition) is 6. The van der Waals surface area contributed by atoms with Crippen LogP contribution in [0, 0.1) is 5.41 Å². The zero-order valence-corrected chi connectivity index (χ0v) is 16.2. The highest BCUT2D eigenvalue weighted by molar-refractivity contribution is 6.21. The Morgan fingerprint density at radius 2 is 1.59 bits per heavy atom. The molecule has 2 aliphatic heterocycles. The zero-order chi connectivity index (χ0) is 20.4. The monoisotopic (exact) mass is 400 g/mol. The Kier molecular flexibility index (Phi) is 5.36. The molecule has 8 heteroatoms. The van der Waals surface area contributed by atoms with E-state index in [1.54, 1.807) is 29.2 Å². The molecule has 1 saturated heterocycles. The molecular weight excluding hydrogens is 376 g/mol. The summed E-state index contributed by atoms with van der Waals surface area (Å²) < 4.78 is 10.7. The molecule has 1 aliphatic carbocycles. The summed E-state index contributed by atoms with van der Waals surface area (Å²) in [5.74, 6) is -1.52. The Balaban J connectivity index is 1.41. The Bertz CT molecular complexity index is 804. The van der Waals surface area contributed by atoms with E-state index in [0.29, 0.717) is 50.3 Å². The largest absolute Gasteiger partial charge is 0.443 e. The molecule has 3 aliphatic rings. The predicted octanol–water partition coefficient (Wildman–Crippen LogP) is 1.59. The smallest absolute Gasteiger partial charge is 0.314 e. The van der Waals surface area contributed by atoms with Crippen LogP contribution in [0.25, 0.3) is 0 Å². The minimum Gasteiger partial charge on any atom is -0.443 e. The topological polar surface area (TPSA) is 93.2 Å². The summed E-state index contributed by atoms with van der Waals surface area (Å²) in [5, 5.41) is 0. The SMILES string of the molecule is O=C(CC1(C(=O)OCN2C(=O)c3ccccc3C2=O)CCCC1)N1CCOCC1. The Morgan fingerprint density at radius 1 is 1.00 bits per heavy atom. The van der Waals surface area contributed by atoms with Gasteiger partial charge in [0.2, 0.25) is 5.91 Å². The molecule has 8 nitrogen and oxygen atoms in total. The number of rotatable bonds is 5. The van der Waals surface area contributed by atoms with Crippen LogP contribution in [-0.4, -0.2) is 66.5 Å². The number of amides is 3. The van der Waals surface area contributed by atoms with Crippen molar-refractivity contribution >= 4 is 23.7 Å². The van der Waals surface area contributed by atoms with Crippen molar-refractivity contribution < 1.29 is 28.7 Å². The van der Waals surface area contributed by atoms with Gasteiger partial charge in [-0.3, -0.25) is 19.2 Å². The van der Waals surface area contributed by atoms with Gasteiger partial charge in [0.15, 0.2) is 6.73 Å². The minimum atomic E-state index is -0.881.